The lowest BCUT2D eigenvalue weighted by Crippen LogP contribution is -2.58. The van der Waals surface area contributed by atoms with Crippen LogP contribution in [0.3, 0.4) is 0 Å². The fraction of sp³-hybridized carbons (Fsp3) is 0.719. The minimum Gasteiger partial charge on any atom is -0.364 e. The van der Waals surface area contributed by atoms with E-state index < -0.39 is 84.7 Å². The number of fused-ring (bicyclic) bond motifs is 1. The highest BCUT2D eigenvalue weighted by atomic mass is 32.2. The normalized spacial score (nSPS) is 20.1. The lowest BCUT2D eigenvalue weighted by Gasteiger charge is -2.40. The van der Waals surface area contributed by atoms with Gasteiger partial charge in [-0.25, -0.2) is 27.5 Å². The van der Waals surface area contributed by atoms with E-state index in [-0.39, 0.29) is 12.6 Å². The third kappa shape index (κ3) is 9.18. The van der Waals surface area contributed by atoms with Gasteiger partial charge in [0.2, 0.25) is 0 Å². The first-order valence-corrected chi connectivity index (χ1v) is 21.1. The van der Waals surface area contributed by atoms with Crippen molar-refractivity contribution in [2.45, 2.75) is 114 Å². The number of alkyl halides is 5. The predicted molar refractivity (Wildman–Crippen MR) is 179 cm³/mol. The first kappa shape index (κ1) is 39.1. The van der Waals surface area contributed by atoms with Gasteiger partial charge in [0.05, 0.1) is 64.0 Å². The predicted octanol–water partition coefficient (Wildman–Crippen LogP) is 6.80. The number of carbonyl (C=O) groups is 1. The van der Waals surface area contributed by atoms with Crippen LogP contribution < -0.4 is 10.0 Å². The summed E-state index contributed by atoms with van der Waals surface area (Å²) in [6, 6.07) is 5.19. The summed E-state index contributed by atoms with van der Waals surface area (Å²) in [4.78, 5) is 18.7. The van der Waals surface area contributed by atoms with Gasteiger partial charge in [-0.15, -0.1) is 0 Å². The summed E-state index contributed by atoms with van der Waals surface area (Å²) < 4.78 is 99.2. The number of amides is 2. The number of nitrogens with one attached hydrogen (secondary N) is 2. The van der Waals surface area contributed by atoms with E-state index in [0.717, 1.165) is 24.8 Å². The highest BCUT2D eigenvalue weighted by Gasteiger charge is 2.57. The molecular weight excluding hydrogens is 688 g/mol. The largest absolute Gasteiger partial charge is 0.416 e. The zero-order chi connectivity index (χ0) is 36.8. The molecule has 2 aromatic rings. The summed E-state index contributed by atoms with van der Waals surface area (Å²) in [6.07, 6.45) is -3.88. The molecule has 10 nitrogen and oxygen atoms in total. The zero-order valence-electron chi connectivity index (χ0n) is 29.3. The highest BCUT2D eigenvalue weighted by molar-refractivity contribution is 7.84. The van der Waals surface area contributed by atoms with Gasteiger partial charge in [0.15, 0.2) is 5.60 Å². The maximum atomic E-state index is 14.6. The average molecular weight is 735 g/mol. The van der Waals surface area contributed by atoms with Crippen LogP contribution in [-0.2, 0) is 27.2 Å². The molecule has 2 fully saturated rings. The zero-order valence-corrected chi connectivity index (χ0v) is 31.1. The molecule has 1 saturated carbocycles. The molecular formula is C32H47F5N6O4SSi. The molecule has 0 unspecified atom stereocenters. The fourth-order valence-corrected chi connectivity index (χ4v) is 6.92. The molecule has 17 heteroatoms. The summed E-state index contributed by atoms with van der Waals surface area (Å²) in [5.41, 5.74) is -2.37. The van der Waals surface area contributed by atoms with Gasteiger partial charge in [0.1, 0.15) is 18.6 Å². The van der Waals surface area contributed by atoms with E-state index in [2.05, 4.69) is 35.7 Å². The Morgan fingerprint density at radius 1 is 1.16 bits per heavy atom. The second-order valence-corrected chi connectivity index (χ2v) is 23.3. The van der Waals surface area contributed by atoms with Gasteiger partial charge in [-0.05, 0) is 71.2 Å². The second kappa shape index (κ2) is 13.8. The monoisotopic (exact) mass is 734 g/mol. The summed E-state index contributed by atoms with van der Waals surface area (Å²) in [5, 5.41) is 12.3. The van der Waals surface area contributed by atoms with Crippen molar-refractivity contribution in [1.29, 1.82) is 5.26 Å². The Balaban J connectivity index is 1.83. The van der Waals surface area contributed by atoms with Crippen molar-refractivity contribution in [2.75, 3.05) is 26.3 Å². The average Bonchev–Trinajstić information content (AvgIpc) is 3.67. The van der Waals surface area contributed by atoms with Crippen LogP contribution in [0.4, 0.5) is 26.7 Å². The number of hydrogen-bond donors (Lipinski definition) is 2. The molecule has 2 amide bonds. The van der Waals surface area contributed by atoms with Crippen molar-refractivity contribution < 1.29 is 40.4 Å². The molecule has 0 radical (unpaired) electrons. The van der Waals surface area contributed by atoms with Gasteiger partial charge in [-0.3, -0.25) is 0 Å². The van der Waals surface area contributed by atoms with Crippen molar-refractivity contribution in [3.8, 4) is 6.07 Å². The first-order valence-electron chi connectivity index (χ1n) is 16.2. The van der Waals surface area contributed by atoms with Gasteiger partial charge in [-0.1, -0.05) is 25.7 Å². The first-order chi connectivity index (χ1) is 22.4. The van der Waals surface area contributed by atoms with Gasteiger partial charge < -0.3 is 24.3 Å². The highest BCUT2D eigenvalue weighted by Crippen LogP contribution is 2.57. The molecule has 0 spiro atoms. The van der Waals surface area contributed by atoms with E-state index in [0.29, 0.717) is 36.0 Å². The summed E-state index contributed by atoms with van der Waals surface area (Å²) >= 11 is 0. The standard InChI is InChI=1S/C32H47F5N6O4SSi/c1-28(2,3)48(45)41-23(16-47-29(4,5)32(35,36)37)26-40-22-15-21(9-10-24(22)43(26)20-46-13-14-49(6,7)8)25(30(17-38)11-12-30)42-19-31(33,34)18-39-27(42)44/h9-10,15,23,25,41H,11-14,16,18-20H2,1-8H3,(H,39,44)/t23-,25-,48+/m0/s1. The smallest absolute Gasteiger partial charge is 0.364 e. The van der Waals surface area contributed by atoms with E-state index in [1.807, 2.05) is 0 Å². The lowest BCUT2D eigenvalue weighted by atomic mass is 9.89. The third-order valence-electron chi connectivity index (χ3n) is 8.75. The van der Waals surface area contributed by atoms with Crippen molar-refractivity contribution in [3.05, 3.63) is 29.6 Å². The van der Waals surface area contributed by atoms with Gasteiger partial charge in [0.25, 0.3) is 5.92 Å². The van der Waals surface area contributed by atoms with Crippen LogP contribution in [-0.4, -0.2) is 81.5 Å². The molecule has 1 aromatic carbocycles. The van der Waals surface area contributed by atoms with E-state index in [1.54, 1.807) is 43.5 Å². The number of nitriles is 1. The summed E-state index contributed by atoms with van der Waals surface area (Å²) in [7, 11) is -3.23. The molecule has 0 bridgehead atoms. The number of aromatic nitrogens is 2. The Kier molecular flexibility index (Phi) is 11.0. The SMILES string of the molecule is CC(C)(C)[S@@](=O)N[C@@H](COC(C)(C)C(F)(F)F)c1nc2cc([C@H](N3CC(F)(F)CNC3=O)C3(C#N)CC3)ccc2n1COCC[Si](C)(C)C. The Bertz CT molecular complexity index is 1590. The van der Waals surface area contributed by atoms with Crippen LogP contribution in [0.1, 0.15) is 70.9 Å². The number of halogens is 5. The quantitative estimate of drug-likeness (QED) is 0.125. The maximum Gasteiger partial charge on any atom is 0.416 e. The molecule has 274 valence electrons. The number of urea groups is 1. The molecule has 2 N–H and O–H groups in total. The van der Waals surface area contributed by atoms with Crippen molar-refractivity contribution in [2.24, 2.45) is 5.41 Å². The summed E-state index contributed by atoms with van der Waals surface area (Å²) in [6.45, 7) is 11.7. The van der Waals surface area contributed by atoms with E-state index in [9.17, 15) is 36.2 Å². The van der Waals surface area contributed by atoms with E-state index in [4.69, 9.17) is 14.5 Å². The lowest BCUT2D eigenvalue weighted by molar-refractivity contribution is -0.265. The Morgan fingerprint density at radius 2 is 1.82 bits per heavy atom. The minimum atomic E-state index is -4.69. The van der Waals surface area contributed by atoms with E-state index in [1.165, 1.54) is 0 Å². The molecule has 4 rings (SSSR count). The topological polar surface area (TPSA) is 122 Å². The maximum absolute atomic E-state index is 14.6. The number of nitrogens with zero attached hydrogens (tertiary/aromatic N) is 4. The molecule has 2 heterocycles. The fourth-order valence-electron chi connectivity index (χ4n) is 5.38. The molecule has 2 aliphatic rings. The number of ether oxygens (including phenoxy) is 2. The number of carbonyl (C=O) groups excluding carboxylic acids is 1. The minimum absolute atomic E-state index is 0.0367. The number of rotatable bonds is 14. The Hall–Kier alpha value is -2.65. The number of hydrogen-bond acceptors (Lipinski definition) is 6. The van der Waals surface area contributed by atoms with Crippen LogP contribution in [0, 0.1) is 16.7 Å². The van der Waals surface area contributed by atoms with Crippen LogP contribution in [0.15, 0.2) is 18.2 Å². The second-order valence-electron chi connectivity index (χ2n) is 15.7. The number of benzene rings is 1. The van der Waals surface area contributed by atoms with Crippen LogP contribution in [0.5, 0.6) is 0 Å². The van der Waals surface area contributed by atoms with Crippen LogP contribution in [0.2, 0.25) is 25.7 Å². The van der Waals surface area contributed by atoms with Crippen molar-refractivity contribution >= 4 is 36.1 Å². The molecule has 1 saturated heterocycles. The molecule has 1 aliphatic carbocycles. The molecule has 1 aromatic heterocycles. The molecule has 1 aliphatic heterocycles. The van der Waals surface area contributed by atoms with Gasteiger partial charge in [0, 0.05) is 14.7 Å². The number of imidazole rings is 1. The van der Waals surface area contributed by atoms with Crippen LogP contribution >= 0.6 is 0 Å². The van der Waals surface area contributed by atoms with Crippen molar-refractivity contribution in [3.63, 3.8) is 0 Å². The Morgan fingerprint density at radius 3 is 2.37 bits per heavy atom. The third-order valence-corrected chi connectivity index (χ3v) is 12.1. The van der Waals surface area contributed by atoms with E-state index >= 15 is 0 Å². The van der Waals surface area contributed by atoms with Gasteiger partial charge in [-0.2, -0.15) is 18.4 Å². The Labute approximate surface area is 287 Å². The molecule has 49 heavy (non-hydrogen) atoms. The van der Waals surface area contributed by atoms with Crippen molar-refractivity contribution in [1.82, 2.24) is 24.5 Å². The van der Waals surface area contributed by atoms with Gasteiger partial charge >= 0.3 is 12.2 Å². The molecule has 3 atom stereocenters. The van der Waals surface area contributed by atoms with Crippen LogP contribution in [0.25, 0.3) is 11.0 Å². The summed E-state index contributed by atoms with van der Waals surface area (Å²) in [5.74, 6) is -3.02.